The summed E-state index contributed by atoms with van der Waals surface area (Å²) in [6.07, 6.45) is 2.61. The largest absolute Gasteiger partial charge is 0.490 e. The highest BCUT2D eigenvalue weighted by Crippen LogP contribution is 2.41. The van der Waals surface area contributed by atoms with Gasteiger partial charge in [-0.1, -0.05) is 73.5 Å². The minimum Gasteiger partial charge on any atom is -0.490 e. The van der Waals surface area contributed by atoms with Crippen molar-refractivity contribution in [3.8, 4) is 16.2 Å². The highest BCUT2D eigenvalue weighted by Gasteiger charge is 2.50. The fraction of sp³-hybridized carbons (Fsp3) is 0.493. The highest BCUT2D eigenvalue weighted by molar-refractivity contribution is 7.70. The standard InChI is InChI=1S/C69H86ClN14O15PS/c1-38-54-25-28-81(41(4)86)36-69(5,6)62(84(54)79-78-38)67(94)82-33-49(87)31-56(82)65(92)76-51(42-14-16-44(17-15-42)61-39(2)73-37-101-61)32-59(89)72-26-9-7-8-11-43-12-10-13-57(60(43)70)99-35-47(19-23-58(71)88)74-64(91)55-22-20-48-24-27-80(40(3)85)34-53(66(93)83(48)55)77-63(90)52-30-46-29-45(18-21-50(46)75-52)68(95)100(96,97)98/h10,12-18,21,29-30,37,47-49,51,53,55-56,62,75,87H,7-9,11,19-20,22-28,31-36H2,1-6H3,(H2,71,88)(H,72,89)(H,74,91)(H,76,92)(H,77,90)(H2,96,97,98)/t47-,48+,49-,51+,53-,55-,56+,62+/m0/s1. The van der Waals surface area contributed by atoms with Gasteiger partial charge in [-0.05, 0) is 106 Å². The van der Waals surface area contributed by atoms with E-state index in [0.717, 1.165) is 21.7 Å². The number of benzene rings is 3. The van der Waals surface area contributed by atoms with Crippen molar-refractivity contribution in [2.75, 3.05) is 45.9 Å². The van der Waals surface area contributed by atoms with Crippen LogP contribution in [0.1, 0.15) is 153 Å². The zero-order valence-corrected chi connectivity index (χ0v) is 59.6. The Morgan fingerprint density at radius 1 is 0.881 bits per heavy atom. The summed E-state index contributed by atoms with van der Waals surface area (Å²) in [5.74, 6) is -4.05. The van der Waals surface area contributed by atoms with E-state index in [1.807, 2.05) is 51.1 Å². The summed E-state index contributed by atoms with van der Waals surface area (Å²) in [6, 6.07) is 11.4. The first-order valence-electron chi connectivity index (χ1n) is 33.8. The third-order valence-corrected chi connectivity index (χ3v) is 21.6. The molecular formula is C69H86ClN14O15PS. The Kier molecular flexibility index (Phi) is 23.6. The molecule has 10 rings (SSSR count). The number of aliphatic hydroxyl groups is 1. The molecule has 10 N–H and O–H groups in total. The van der Waals surface area contributed by atoms with Crippen LogP contribution < -0.4 is 31.7 Å². The quantitative estimate of drug-likeness (QED) is 0.0276. The van der Waals surface area contributed by atoms with Crippen molar-refractivity contribution in [1.29, 1.82) is 0 Å². The number of unbranched alkanes of at least 4 members (excludes halogenated alkanes) is 2. The number of hydrogen-bond donors (Lipinski definition) is 9. The molecule has 3 aromatic carbocycles. The van der Waals surface area contributed by atoms with Crippen molar-refractivity contribution in [3.05, 3.63) is 117 Å². The number of nitrogens with zero attached hydrogens (tertiary/aromatic N) is 8. The Hall–Kier alpha value is -8.93. The molecule has 3 saturated heterocycles. The minimum atomic E-state index is -5.10. The van der Waals surface area contributed by atoms with E-state index in [2.05, 4.69) is 41.5 Å². The monoisotopic (exact) mass is 1450 g/mol. The number of ether oxygens (including phenoxy) is 1. The molecule has 0 unspecified atom stereocenters. The molecule has 6 aromatic rings. The van der Waals surface area contributed by atoms with Gasteiger partial charge in [-0.2, -0.15) is 0 Å². The molecule has 0 spiro atoms. The van der Waals surface area contributed by atoms with Gasteiger partial charge in [0.15, 0.2) is 0 Å². The maximum Gasteiger partial charge on any atom is 0.396 e. The van der Waals surface area contributed by atoms with E-state index < -0.39 is 102 Å². The Morgan fingerprint density at radius 2 is 1.62 bits per heavy atom. The molecule has 4 aliphatic rings. The van der Waals surface area contributed by atoms with E-state index in [1.54, 1.807) is 34.1 Å². The summed E-state index contributed by atoms with van der Waals surface area (Å²) in [7, 11) is -5.10. The number of halogens is 1. The summed E-state index contributed by atoms with van der Waals surface area (Å²) in [5.41, 5.74) is 9.59. The number of hydrogen-bond acceptors (Lipinski definition) is 17. The molecule has 0 radical (unpaired) electrons. The molecule has 101 heavy (non-hydrogen) atoms. The number of H-pyrrole nitrogens is 1. The number of nitrogens with one attached hydrogen (secondary N) is 5. The predicted octanol–water partition coefficient (Wildman–Crippen LogP) is 4.72. The number of carbonyl (C=O) groups is 10. The van der Waals surface area contributed by atoms with Gasteiger partial charge in [-0.3, -0.25) is 52.5 Å². The number of amides is 9. The van der Waals surface area contributed by atoms with Crippen molar-refractivity contribution in [2.45, 2.75) is 167 Å². The van der Waals surface area contributed by atoms with Crippen LogP contribution >= 0.6 is 30.5 Å². The molecule has 0 saturated carbocycles. The van der Waals surface area contributed by atoms with Crippen molar-refractivity contribution in [3.63, 3.8) is 0 Å². The van der Waals surface area contributed by atoms with E-state index in [-0.39, 0.29) is 99.3 Å². The lowest BCUT2D eigenvalue weighted by molar-refractivity contribution is -0.146. The number of aryl methyl sites for hydroxylation is 3. The van der Waals surface area contributed by atoms with E-state index in [1.165, 1.54) is 64.1 Å². The van der Waals surface area contributed by atoms with Crippen molar-refractivity contribution < 1.29 is 72.1 Å². The van der Waals surface area contributed by atoms with Gasteiger partial charge in [-0.15, -0.1) is 16.4 Å². The van der Waals surface area contributed by atoms with Gasteiger partial charge < -0.3 is 71.2 Å². The van der Waals surface area contributed by atoms with Crippen molar-refractivity contribution in [2.24, 2.45) is 11.1 Å². The first kappa shape index (κ1) is 74.8. The van der Waals surface area contributed by atoms with Gasteiger partial charge in [0.05, 0.1) is 57.1 Å². The Labute approximate surface area is 592 Å². The summed E-state index contributed by atoms with van der Waals surface area (Å²) in [5, 5.41) is 32.2. The van der Waals surface area contributed by atoms with Gasteiger partial charge in [-0.25, -0.2) is 9.67 Å². The van der Waals surface area contributed by atoms with Gasteiger partial charge in [0.2, 0.25) is 47.3 Å². The van der Waals surface area contributed by atoms with E-state index in [9.17, 15) is 62.6 Å². The van der Waals surface area contributed by atoms with Gasteiger partial charge >= 0.3 is 7.60 Å². The number of nitrogens with two attached hydrogens (primary N) is 1. The maximum atomic E-state index is 15.0. The lowest BCUT2D eigenvalue weighted by Crippen LogP contribution is -2.61. The molecule has 32 heteroatoms. The number of fused-ring (bicyclic) bond motifs is 3. The molecule has 8 atom stereocenters. The van der Waals surface area contributed by atoms with Crippen LogP contribution in [0.25, 0.3) is 21.3 Å². The first-order valence-corrected chi connectivity index (χ1v) is 36.7. The Bertz CT molecular complexity index is 4190. The van der Waals surface area contributed by atoms with Crippen LogP contribution in [0.3, 0.4) is 0 Å². The molecular weight excluding hydrogens is 1360 g/mol. The minimum absolute atomic E-state index is 0.0490. The maximum absolute atomic E-state index is 15.0. The van der Waals surface area contributed by atoms with Gasteiger partial charge in [0.1, 0.15) is 42.2 Å². The lowest BCUT2D eigenvalue weighted by Gasteiger charge is -2.42. The van der Waals surface area contributed by atoms with Crippen LogP contribution in [-0.2, 0) is 55.8 Å². The molecule has 9 amide bonds. The predicted molar refractivity (Wildman–Crippen MR) is 372 cm³/mol. The van der Waals surface area contributed by atoms with E-state index in [4.69, 9.17) is 22.1 Å². The van der Waals surface area contributed by atoms with Crippen LogP contribution in [0, 0.1) is 19.3 Å². The number of rotatable bonds is 25. The molecule has 0 aliphatic carbocycles. The molecule has 29 nitrogen and oxygen atoms in total. The summed E-state index contributed by atoms with van der Waals surface area (Å²) in [4.78, 5) is 170. The number of carbonyl (C=O) groups excluding carboxylic acids is 10. The highest BCUT2D eigenvalue weighted by atomic mass is 35.5. The number of aromatic nitrogens is 5. The summed E-state index contributed by atoms with van der Waals surface area (Å²) in [6.45, 7) is 11.0. The van der Waals surface area contributed by atoms with Crippen molar-refractivity contribution >= 4 is 100 Å². The van der Waals surface area contributed by atoms with Crippen LogP contribution in [0.4, 0.5) is 0 Å². The van der Waals surface area contributed by atoms with Crippen LogP contribution in [0.5, 0.6) is 5.75 Å². The number of likely N-dealkylation sites (tertiary alicyclic amines) is 1. The van der Waals surface area contributed by atoms with Crippen LogP contribution in [0.2, 0.25) is 5.02 Å². The second-order valence-electron chi connectivity index (χ2n) is 27.2. The Balaban J connectivity index is 0.744. The molecule has 3 aromatic heterocycles. The average molecular weight is 1450 g/mol. The number of aromatic amines is 1. The topological polar surface area (TPSA) is 404 Å². The fourth-order valence-corrected chi connectivity index (χ4v) is 15.6. The third kappa shape index (κ3) is 17.7. The summed E-state index contributed by atoms with van der Waals surface area (Å²) >= 11 is 8.47. The molecule has 0 bridgehead atoms. The molecule has 7 heterocycles. The van der Waals surface area contributed by atoms with Gasteiger partial charge in [0.25, 0.3) is 11.4 Å². The second kappa shape index (κ2) is 31.9. The molecule has 4 aliphatic heterocycles. The smallest absolute Gasteiger partial charge is 0.396 e. The average Bonchev–Trinajstić information content (AvgIpc) is 1.70. The number of β-amino-alcohol motifs (C(OH)–C–C–N with tert-alkyl or cyclic N) is 1. The number of aliphatic hydroxyl groups excluding tert-OH is 1. The number of thiazole rings is 1. The van der Waals surface area contributed by atoms with Crippen molar-refractivity contribution in [1.82, 2.24) is 65.8 Å². The van der Waals surface area contributed by atoms with E-state index in [0.29, 0.717) is 91.3 Å². The van der Waals surface area contributed by atoms with E-state index >= 15 is 4.79 Å². The third-order valence-electron chi connectivity index (χ3n) is 19.4. The normalized spacial score (nSPS) is 20.5. The lowest BCUT2D eigenvalue weighted by atomic mass is 9.81. The Morgan fingerprint density at radius 3 is 2.33 bits per heavy atom. The first-order chi connectivity index (χ1) is 48.0. The zero-order valence-electron chi connectivity index (χ0n) is 57.1. The fourth-order valence-electron chi connectivity index (χ4n) is 14.0. The zero-order chi connectivity index (χ0) is 72.8. The SMILES string of the molecule is CC(=O)N1CC[C@H]2CC[C@@H](C(=O)N[C@@H](CCC(N)=O)COc3cccc(CCCCCNC(=O)C[C@@H](NC(=O)[C@H]4C[C@H](O)CN4C(=O)[C@H]4n5nnc(C)c5CCN(C(C)=O)CC4(C)C)c4ccc(-c5scnc5C)cc4)c3Cl)N2C(=O)[C@@H](NC(=O)c2cc3cc(C(=O)P(=O)(O)O)ccc3[nH]2)C1. The molecule has 540 valence electrons. The van der Waals surface area contributed by atoms with Crippen LogP contribution in [0.15, 0.2) is 72.2 Å². The van der Waals surface area contributed by atoms with Crippen LogP contribution in [-0.4, -0.2) is 200 Å². The van der Waals surface area contributed by atoms with Gasteiger partial charge in [0, 0.05) is 100 Å². The number of primary amides is 1. The second-order valence-corrected chi connectivity index (χ2v) is 29.9. The summed E-state index contributed by atoms with van der Waals surface area (Å²) < 4.78 is 19.5. The molecule has 3 fully saturated rings.